The first-order valence-electron chi connectivity index (χ1n) is 17.8. The second kappa shape index (κ2) is 14.7. The van der Waals surface area contributed by atoms with Crippen LogP contribution >= 0.6 is 0 Å². The molecule has 3 aliphatic rings. The van der Waals surface area contributed by atoms with Crippen molar-refractivity contribution < 1.29 is 28.5 Å². The number of fused-ring (bicyclic) bond motifs is 2. The summed E-state index contributed by atoms with van der Waals surface area (Å²) in [7, 11) is 7.21. The van der Waals surface area contributed by atoms with E-state index in [9.17, 15) is 10.1 Å². The zero-order chi connectivity index (χ0) is 36.6. The van der Waals surface area contributed by atoms with E-state index >= 15 is 0 Å². The number of nitriles is 1. The number of piperidine rings is 1. The van der Waals surface area contributed by atoms with Gasteiger partial charge in [-0.25, -0.2) is 9.97 Å². The molecule has 52 heavy (non-hydrogen) atoms. The zero-order valence-electron chi connectivity index (χ0n) is 30.6. The van der Waals surface area contributed by atoms with Crippen LogP contribution in [0, 0.1) is 11.3 Å². The summed E-state index contributed by atoms with van der Waals surface area (Å²) >= 11 is 0. The van der Waals surface area contributed by atoms with Crippen LogP contribution in [0.3, 0.4) is 0 Å². The van der Waals surface area contributed by atoms with Crippen molar-refractivity contribution in [1.82, 2.24) is 34.1 Å². The molecule has 6 heterocycles. The van der Waals surface area contributed by atoms with Crippen molar-refractivity contribution in [3.05, 3.63) is 48.5 Å². The van der Waals surface area contributed by atoms with Crippen LogP contribution in [0.4, 0.5) is 5.82 Å². The summed E-state index contributed by atoms with van der Waals surface area (Å²) < 4.78 is 34.4. The van der Waals surface area contributed by atoms with Gasteiger partial charge in [0, 0.05) is 62.2 Å². The topological polar surface area (TPSA) is 154 Å². The number of rotatable bonds is 12. The van der Waals surface area contributed by atoms with Crippen molar-refractivity contribution in [2.45, 2.75) is 82.4 Å². The Bertz CT molecular complexity index is 1940. The van der Waals surface area contributed by atoms with Crippen molar-refractivity contribution >= 4 is 22.8 Å². The van der Waals surface area contributed by atoms with Crippen LogP contribution in [0.1, 0.15) is 51.3 Å². The molecule has 15 nitrogen and oxygen atoms in total. The summed E-state index contributed by atoms with van der Waals surface area (Å²) in [5.74, 6) is 0.895. The van der Waals surface area contributed by atoms with Gasteiger partial charge in [-0.15, -0.1) is 0 Å². The van der Waals surface area contributed by atoms with E-state index < -0.39 is 30.3 Å². The minimum absolute atomic E-state index is 0.0488. The highest BCUT2D eigenvalue weighted by Crippen LogP contribution is 2.46. The Morgan fingerprint density at radius 3 is 2.62 bits per heavy atom. The highest BCUT2D eigenvalue weighted by molar-refractivity contribution is 6.00. The Balaban J connectivity index is 1.26. The first-order chi connectivity index (χ1) is 25.1. The van der Waals surface area contributed by atoms with E-state index in [4.69, 9.17) is 33.8 Å². The normalized spacial score (nSPS) is 23.0. The molecule has 0 saturated carbocycles. The SMILES string of the molecule is COc1ccc(CNc2ncnc3c2c(-c2ccn(C)n2)cn3[C@@H]2O[C@H](C(=O)N(CCCC#N)C3CCN(C)CC3)[C@H]3OC(C)(C)O[C@H]32)c(OC)c1. The van der Waals surface area contributed by atoms with Crippen LogP contribution in [0.5, 0.6) is 11.5 Å². The number of anilines is 1. The molecule has 1 aromatic carbocycles. The molecule has 3 fully saturated rings. The van der Waals surface area contributed by atoms with Gasteiger partial charge in [0.15, 0.2) is 18.1 Å². The lowest BCUT2D eigenvalue weighted by atomic mass is 10.0. The number of amides is 1. The maximum Gasteiger partial charge on any atom is 0.254 e. The second-order valence-corrected chi connectivity index (χ2v) is 14.1. The number of aromatic nitrogens is 5. The van der Waals surface area contributed by atoms with Crippen molar-refractivity contribution in [2.24, 2.45) is 7.05 Å². The van der Waals surface area contributed by atoms with E-state index in [1.807, 2.05) is 67.0 Å². The van der Waals surface area contributed by atoms with Crippen LogP contribution in [-0.4, -0.2) is 111 Å². The molecular formula is C37H47N9O6. The highest BCUT2D eigenvalue weighted by Gasteiger charge is 2.59. The summed E-state index contributed by atoms with van der Waals surface area (Å²) in [6, 6.07) is 9.89. The Kier molecular flexibility index (Phi) is 10.1. The Morgan fingerprint density at radius 2 is 1.90 bits per heavy atom. The average molecular weight is 714 g/mol. The van der Waals surface area contributed by atoms with Crippen molar-refractivity contribution in [3.63, 3.8) is 0 Å². The van der Waals surface area contributed by atoms with Crippen LogP contribution in [0.2, 0.25) is 0 Å². The highest BCUT2D eigenvalue weighted by atomic mass is 16.8. The van der Waals surface area contributed by atoms with E-state index in [2.05, 4.69) is 28.3 Å². The van der Waals surface area contributed by atoms with Crippen molar-refractivity contribution in [3.8, 4) is 28.8 Å². The molecule has 7 rings (SSSR count). The number of nitrogens with one attached hydrogen (secondary N) is 1. The van der Waals surface area contributed by atoms with E-state index in [-0.39, 0.29) is 11.9 Å². The van der Waals surface area contributed by atoms with Gasteiger partial charge in [-0.05, 0) is 71.4 Å². The smallest absolute Gasteiger partial charge is 0.254 e. The lowest BCUT2D eigenvalue weighted by molar-refractivity contribution is -0.201. The molecular weight excluding hydrogens is 666 g/mol. The molecule has 1 N–H and O–H groups in total. The minimum Gasteiger partial charge on any atom is -0.497 e. The van der Waals surface area contributed by atoms with Crippen LogP contribution < -0.4 is 14.8 Å². The fraction of sp³-hybridized carbons (Fsp3) is 0.541. The molecule has 0 spiro atoms. The molecule has 3 aromatic heterocycles. The maximum atomic E-state index is 14.6. The molecule has 1 amide bonds. The third-order valence-electron chi connectivity index (χ3n) is 10.2. The number of carbonyl (C=O) groups is 1. The summed E-state index contributed by atoms with van der Waals surface area (Å²) in [6.07, 6.45) is 5.08. The molecule has 3 saturated heterocycles. The average Bonchev–Trinajstić information content (AvgIpc) is 3.90. The molecule has 4 aromatic rings. The number of likely N-dealkylation sites (tertiary alicyclic amines) is 1. The van der Waals surface area contributed by atoms with E-state index in [0.29, 0.717) is 48.9 Å². The first kappa shape index (κ1) is 35.6. The molecule has 4 atom stereocenters. The molecule has 3 aliphatic heterocycles. The predicted octanol–water partition coefficient (Wildman–Crippen LogP) is 4.11. The quantitative estimate of drug-likeness (QED) is 0.210. The Hall–Kier alpha value is -4.75. The minimum atomic E-state index is -0.943. The summed E-state index contributed by atoms with van der Waals surface area (Å²) in [5.41, 5.74) is 3.02. The Morgan fingerprint density at radius 1 is 1.12 bits per heavy atom. The van der Waals surface area contributed by atoms with Crippen molar-refractivity contribution in [1.29, 1.82) is 5.26 Å². The molecule has 0 bridgehead atoms. The summed E-state index contributed by atoms with van der Waals surface area (Å²) in [6.45, 7) is 6.40. The van der Waals surface area contributed by atoms with Crippen molar-refractivity contribution in [2.75, 3.05) is 46.2 Å². The van der Waals surface area contributed by atoms with Crippen LogP contribution in [0.15, 0.2) is 43.0 Å². The van der Waals surface area contributed by atoms with Gasteiger partial charge in [0.1, 0.15) is 41.5 Å². The van der Waals surface area contributed by atoms with Crippen LogP contribution in [-0.2, 0) is 32.6 Å². The lowest BCUT2D eigenvalue weighted by Crippen LogP contribution is -2.52. The van der Waals surface area contributed by atoms with Crippen LogP contribution in [0.25, 0.3) is 22.3 Å². The lowest BCUT2D eigenvalue weighted by Gasteiger charge is -2.39. The number of ether oxygens (including phenoxy) is 5. The van der Waals surface area contributed by atoms with Gasteiger partial charge in [0.05, 0.1) is 31.4 Å². The predicted molar refractivity (Wildman–Crippen MR) is 191 cm³/mol. The monoisotopic (exact) mass is 713 g/mol. The summed E-state index contributed by atoms with van der Waals surface area (Å²) in [5, 5.41) is 18.3. The first-order valence-corrected chi connectivity index (χ1v) is 17.8. The van der Waals surface area contributed by atoms with E-state index in [0.717, 1.165) is 48.1 Å². The van der Waals surface area contributed by atoms with Gasteiger partial charge in [-0.3, -0.25) is 9.48 Å². The molecule has 15 heteroatoms. The van der Waals surface area contributed by atoms with Gasteiger partial charge in [-0.1, -0.05) is 0 Å². The van der Waals surface area contributed by atoms with Gasteiger partial charge in [-0.2, -0.15) is 10.4 Å². The van der Waals surface area contributed by atoms with E-state index in [1.165, 1.54) is 6.33 Å². The third-order valence-corrected chi connectivity index (χ3v) is 10.2. The number of methoxy groups -OCH3 is 2. The fourth-order valence-electron chi connectivity index (χ4n) is 7.61. The maximum absolute atomic E-state index is 14.6. The van der Waals surface area contributed by atoms with Gasteiger partial charge in [0.25, 0.3) is 5.91 Å². The van der Waals surface area contributed by atoms with E-state index in [1.54, 1.807) is 18.9 Å². The number of carbonyl (C=O) groups excluding carboxylic acids is 1. The second-order valence-electron chi connectivity index (χ2n) is 14.1. The van der Waals surface area contributed by atoms with Gasteiger partial charge >= 0.3 is 0 Å². The number of benzene rings is 1. The standard InChI is InChI=1S/C37H47N9O6/c1-37(2)51-30-31(35(47)45(15-8-7-14-38)24-11-16-43(3)17-12-24)50-36(32(30)52-37)46-21-26(27-13-18-44(4)42-27)29-33(40-22-41-34(29)46)39-20-23-9-10-25(48-5)19-28(23)49-6/h9-10,13,18-19,21-22,24,30-32,36H,7-8,11-12,15-17,20H2,1-6H3,(H,39,40,41)/t30-,31+,32-,36-/m1/s1. The number of nitrogens with zero attached hydrogens (tertiary/aromatic N) is 8. The number of hydrogen-bond acceptors (Lipinski definition) is 12. The Labute approximate surface area is 303 Å². The molecule has 0 unspecified atom stereocenters. The molecule has 276 valence electrons. The number of hydrogen-bond donors (Lipinski definition) is 1. The molecule has 0 radical (unpaired) electrons. The fourth-order valence-corrected chi connectivity index (χ4v) is 7.61. The number of aryl methyl sites for hydroxylation is 1. The largest absolute Gasteiger partial charge is 0.497 e. The zero-order valence-corrected chi connectivity index (χ0v) is 30.6. The van der Waals surface area contributed by atoms with Gasteiger partial charge < -0.3 is 43.4 Å². The summed E-state index contributed by atoms with van der Waals surface area (Å²) in [4.78, 5) is 28.2. The number of unbranched alkanes of at least 4 members (excludes halogenated alkanes) is 1. The van der Waals surface area contributed by atoms with Gasteiger partial charge in [0.2, 0.25) is 0 Å². The third kappa shape index (κ3) is 6.91. The molecule has 0 aliphatic carbocycles.